The average molecular weight is 285 g/mol. The first kappa shape index (κ1) is 14.8. The quantitative estimate of drug-likeness (QED) is 0.819. The van der Waals surface area contributed by atoms with Crippen LogP contribution in [0.15, 0.2) is 28.9 Å². The summed E-state index contributed by atoms with van der Waals surface area (Å²) in [6, 6.07) is 5.08. The van der Waals surface area contributed by atoms with Gasteiger partial charge in [0.2, 0.25) is 0 Å². The van der Waals surface area contributed by atoms with Crippen LogP contribution in [0, 0.1) is 18.8 Å². The Hall–Kier alpha value is -2.65. The maximum absolute atomic E-state index is 11.9. The molecule has 0 aliphatic rings. The van der Waals surface area contributed by atoms with Gasteiger partial charge in [0.05, 0.1) is 13.2 Å². The largest absolute Gasteiger partial charge is 0.395 e. The Morgan fingerprint density at radius 1 is 1.48 bits per heavy atom. The maximum atomic E-state index is 11.9. The number of pyridine rings is 1. The summed E-state index contributed by atoms with van der Waals surface area (Å²) in [6.07, 6.45) is 1.94. The summed E-state index contributed by atoms with van der Waals surface area (Å²) < 4.78 is 4.92. The highest BCUT2D eigenvalue weighted by Gasteiger charge is 2.08. The second-order valence-corrected chi connectivity index (χ2v) is 4.32. The Kier molecular flexibility index (Phi) is 5.07. The lowest BCUT2D eigenvalue weighted by atomic mass is 10.2. The number of aliphatic hydroxyl groups excluding tert-OH is 1. The van der Waals surface area contributed by atoms with Crippen molar-refractivity contribution in [3.8, 4) is 11.8 Å². The number of carbonyl (C=O) groups excluding carboxylic acids is 1. The third-order valence-corrected chi connectivity index (χ3v) is 2.57. The summed E-state index contributed by atoms with van der Waals surface area (Å²) in [6.45, 7) is 2.11. The molecule has 0 fully saturated rings. The fourth-order valence-electron chi connectivity index (χ4n) is 1.59. The van der Waals surface area contributed by atoms with Crippen molar-refractivity contribution in [3.63, 3.8) is 0 Å². The predicted octanol–water partition coefficient (Wildman–Crippen LogP) is 1.04. The SMILES string of the molecule is Cc1cc(CNC(=O)c2ccc(C#CCCO)cn2)no1. The van der Waals surface area contributed by atoms with E-state index in [1.807, 2.05) is 0 Å². The molecule has 0 bridgehead atoms. The predicted molar refractivity (Wildman–Crippen MR) is 75.2 cm³/mol. The Balaban J connectivity index is 1.92. The minimum absolute atomic E-state index is 0.0302. The normalized spacial score (nSPS) is 9.81. The first-order valence-electron chi connectivity index (χ1n) is 6.45. The van der Waals surface area contributed by atoms with Gasteiger partial charge in [-0.15, -0.1) is 0 Å². The second kappa shape index (κ2) is 7.22. The van der Waals surface area contributed by atoms with E-state index in [1.54, 1.807) is 25.1 Å². The third-order valence-electron chi connectivity index (χ3n) is 2.57. The van der Waals surface area contributed by atoms with Gasteiger partial charge in [0, 0.05) is 24.2 Å². The molecule has 2 aromatic heterocycles. The molecule has 2 rings (SSSR count). The van der Waals surface area contributed by atoms with Crippen LogP contribution in [-0.4, -0.2) is 27.8 Å². The van der Waals surface area contributed by atoms with Gasteiger partial charge < -0.3 is 14.9 Å². The molecule has 0 aromatic carbocycles. The molecule has 2 heterocycles. The zero-order chi connectivity index (χ0) is 15.1. The second-order valence-electron chi connectivity index (χ2n) is 4.32. The van der Waals surface area contributed by atoms with Gasteiger partial charge in [-0.2, -0.15) is 0 Å². The van der Waals surface area contributed by atoms with Crippen LogP contribution in [0.25, 0.3) is 0 Å². The fraction of sp³-hybridized carbons (Fsp3) is 0.267. The standard InChI is InChI=1S/C15H15N3O3/c1-11-8-13(18-21-11)10-17-15(20)14-6-5-12(9-16-14)4-2-3-7-19/h5-6,8-9,19H,3,7,10H2,1H3,(H,17,20). The maximum Gasteiger partial charge on any atom is 0.270 e. The minimum atomic E-state index is -0.287. The van der Waals surface area contributed by atoms with Crippen molar-refractivity contribution >= 4 is 5.91 Å². The van der Waals surface area contributed by atoms with Crippen LogP contribution in [0.4, 0.5) is 0 Å². The van der Waals surface area contributed by atoms with Crippen molar-refractivity contribution in [1.29, 1.82) is 0 Å². The van der Waals surface area contributed by atoms with Crippen LogP contribution in [-0.2, 0) is 6.54 Å². The molecule has 0 spiro atoms. The van der Waals surface area contributed by atoms with Crippen LogP contribution in [0.5, 0.6) is 0 Å². The molecule has 1 amide bonds. The lowest BCUT2D eigenvalue weighted by Crippen LogP contribution is -2.23. The lowest BCUT2D eigenvalue weighted by molar-refractivity contribution is 0.0945. The molecule has 2 N–H and O–H groups in total. The number of aliphatic hydroxyl groups is 1. The smallest absolute Gasteiger partial charge is 0.270 e. The first-order chi connectivity index (χ1) is 10.2. The molecular formula is C15H15N3O3. The van der Waals surface area contributed by atoms with Crippen molar-refractivity contribution in [2.24, 2.45) is 0 Å². The van der Waals surface area contributed by atoms with E-state index in [1.165, 1.54) is 6.20 Å². The van der Waals surface area contributed by atoms with Gasteiger partial charge in [-0.1, -0.05) is 17.0 Å². The van der Waals surface area contributed by atoms with Crippen LogP contribution in [0.2, 0.25) is 0 Å². The lowest BCUT2D eigenvalue weighted by Gasteiger charge is -2.02. The monoisotopic (exact) mass is 285 g/mol. The molecule has 6 heteroatoms. The number of hydrogen-bond donors (Lipinski definition) is 2. The van der Waals surface area contributed by atoms with Crippen LogP contribution in [0.3, 0.4) is 0 Å². The molecule has 0 radical (unpaired) electrons. The highest BCUT2D eigenvalue weighted by molar-refractivity contribution is 5.92. The summed E-state index contributed by atoms with van der Waals surface area (Å²) in [4.78, 5) is 15.9. The van der Waals surface area contributed by atoms with Crippen molar-refractivity contribution in [1.82, 2.24) is 15.5 Å². The summed E-state index contributed by atoms with van der Waals surface area (Å²) in [5.41, 5.74) is 1.67. The van der Waals surface area contributed by atoms with E-state index < -0.39 is 0 Å². The van der Waals surface area contributed by atoms with Crippen molar-refractivity contribution in [2.45, 2.75) is 19.9 Å². The Morgan fingerprint density at radius 2 is 2.33 bits per heavy atom. The molecule has 0 saturated carbocycles. The Labute approximate surface area is 122 Å². The van der Waals surface area contributed by atoms with Gasteiger partial charge in [0.15, 0.2) is 0 Å². The van der Waals surface area contributed by atoms with E-state index in [4.69, 9.17) is 9.63 Å². The summed E-state index contributed by atoms with van der Waals surface area (Å²) in [5, 5.41) is 15.1. The highest BCUT2D eigenvalue weighted by atomic mass is 16.5. The number of aromatic nitrogens is 2. The summed E-state index contributed by atoms with van der Waals surface area (Å²) in [5.74, 6) is 6.05. The number of aryl methyl sites for hydroxylation is 1. The molecule has 108 valence electrons. The Morgan fingerprint density at radius 3 is 2.95 bits per heavy atom. The van der Waals surface area contributed by atoms with Gasteiger partial charge in [-0.3, -0.25) is 4.79 Å². The number of carbonyl (C=O) groups is 1. The topological polar surface area (TPSA) is 88.2 Å². The average Bonchev–Trinajstić information content (AvgIpc) is 2.91. The summed E-state index contributed by atoms with van der Waals surface area (Å²) in [7, 11) is 0. The number of amides is 1. The zero-order valence-corrected chi connectivity index (χ0v) is 11.6. The molecule has 0 aliphatic carbocycles. The molecule has 2 aromatic rings. The molecule has 0 atom stereocenters. The molecule has 0 aliphatic heterocycles. The van der Waals surface area contributed by atoms with Gasteiger partial charge in [-0.05, 0) is 19.1 Å². The number of hydrogen-bond acceptors (Lipinski definition) is 5. The van der Waals surface area contributed by atoms with Crippen molar-refractivity contribution in [2.75, 3.05) is 6.61 Å². The van der Waals surface area contributed by atoms with E-state index in [2.05, 4.69) is 27.3 Å². The fourth-order valence-corrected chi connectivity index (χ4v) is 1.59. The van der Waals surface area contributed by atoms with Crippen LogP contribution >= 0.6 is 0 Å². The number of nitrogens with one attached hydrogen (secondary N) is 1. The van der Waals surface area contributed by atoms with Gasteiger partial charge in [0.25, 0.3) is 5.91 Å². The molecule has 0 unspecified atom stereocenters. The van der Waals surface area contributed by atoms with Crippen molar-refractivity contribution < 1.29 is 14.4 Å². The molecular weight excluding hydrogens is 270 g/mol. The van der Waals surface area contributed by atoms with E-state index in [0.717, 1.165) is 0 Å². The number of nitrogens with zero attached hydrogens (tertiary/aromatic N) is 2. The van der Waals surface area contributed by atoms with Gasteiger partial charge >= 0.3 is 0 Å². The van der Waals surface area contributed by atoms with Crippen molar-refractivity contribution in [3.05, 3.63) is 47.1 Å². The number of rotatable bonds is 4. The van der Waals surface area contributed by atoms with E-state index in [0.29, 0.717) is 29.1 Å². The van der Waals surface area contributed by atoms with E-state index >= 15 is 0 Å². The molecule has 21 heavy (non-hydrogen) atoms. The van der Waals surface area contributed by atoms with E-state index in [9.17, 15) is 4.79 Å². The minimum Gasteiger partial charge on any atom is -0.395 e. The Bertz CT molecular complexity index is 665. The van der Waals surface area contributed by atoms with E-state index in [-0.39, 0.29) is 19.1 Å². The third kappa shape index (κ3) is 4.44. The molecule has 6 nitrogen and oxygen atoms in total. The van der Waals surface area contributed by atoms with Crippen LogP contribution in [0.1, 0.15) is 33.9 Å². The first-order valence-corrected chi connectivity index (χ1v) is 6.45. The zero-order valence-electron chi connectivity index (χ0n) is 11.6. The molecule has 0 saturated heterocycles. The van der Waals surface area contributed by atoms with Crippen LogP contribution < -0.4 is 5.32 Å². The summed E-state index contributed by atoms with van der Waals surface area (Å²) >= 11 is 0. The van der Waals surface area contributed by atoms with Gasteiger partial charge in [-0.25, -0.2) is 4.98 Å². The highest BCUT2D eigenvalue weighted by Crippen LogP contribution is 2.02. The van der Waals surface area contributed by atoms with Gasteiger partial charge in [0.1, 0.15) is 17.1 Å².